The molecule has 0 amide bonds. The number of methoxy groups -OCH3 is 2. The van der Waals surface area contributed by atoms with E-state index >= 15 is 0 Å². The predicted molar refractivity (Wildman–Crippen MR) is 46.9 cm³/mol. The summed E-state index contributed by atoms with van der Waals surface area (Å²) in [4.78, 5) is 21.7. The largest absolute Gasteiger partial charge is 0.466 e. The topological polar surface area (TPSA) is 52.6 Å². The van der Waals surface area contributed by atoms with Crippen LogP contribution >= 0.6 is 0 Å². The molecule has 0 saturated carbocycles. The molecule has 0 rings (SSSR count). The first-order valence-electron chi connectivity index (χ1n) is 3.55. The van der Waals surface area contributed by atoms with E-state index in [2.05, 4.69) is 22.6 Å². The second-order valence-corrected chi connectivity index (χ2v) is 2.37. The lowest BCUT2D eigenvalue weighted by Gasteiger charge is -2.04. The number of rotatable bonds is 4. The van der Waals surface area contributed by atoms with Crippen LogP contribution in [0.3, 0.4) is 0 Å². The number of esters is 2. The lowest BCUT2D eigenvalue weighted by molar-refractivity contribution is -0.136. The third-order valence-electron chi connectivity index (χ3n) is 1.37. The van der Waals surface area contributed by atoms with Gasteiger partial charge in [-0.2, -0.15) is 0 Å². The molecule has 0 aromatic carbocycles. The molecular formula is C9H12O4. The van der Waals surface area contributed by atoms with E-state index in [4.69, 9.17) is 0 Å². The van der Waals surface area contributed by atoms with E-state index in [1.807, 2.05) is 0 Å². The van der Waals surface area contributed by atoms with Gasteiger partial charge in [-0.1, -0.05) is 13.2 Å². The Hall–Kier alpha value is -1.58. The van der Waals surface area contributed by atoms with Crippen LogP contribution in [0.5, 0.6) is 0 Å². The zero-order chi connectivity index (χ0) is 10.4. The van der Waals surface area contributed by atoms with Gasteiger partial charge in [0.1, 0.15) is 0 Å². The van der Waals surface area contributed by atoms with Crippen LogP contribution in [0.2, 0.25) is 0 Å². The third-order valence-corrected chi connectivity index (χ3v) is 1.37. The van der Waals surface area contributed by atoms with E-state index in [0.29, 0.717) is 0 Å². The maximum atomic E-state index is 10.8. The first-order chi connectivity index (χ1) is 6.02. The molecule has 4 nitrogen and oxygen atoms in total. The first kappa shape index (κ1) is 11.4. The molecule has 0 aliphatic heterocycles. The molecule has 0 aliphatic rings. The summed E-state index contributed by atoms with van der Waals surface area (Å²) in [6.07, 6.45) is 0.0688. The SMILES string of the molecule is C=C(CC(=C)C(=O)OC)C(=O)OC. The summed E-state index contributed by atoms with van der Waals surface area (Å²) in [5, 5.41) is 0. The molecule has 13 heavy (non-hydrogen) atoms. The van der Waals surface area contributed by atoms with Crippen molar-refractivity contribution in [3.8, 4) is 0 Å². The van der Waals surface area contributed by atoms with Crippen molar-refractivity contribution in [3.63, 3.8) is 0 Å². The van der Waals surface area contributed by atoms with E-state index in [1.54, 1.807) is 0 Å². The highest BCUT2D eigenvalue weighted by Gasteiger charge is 2.13. The standard InChI is InChI=1S/C9H12O4/c1-6(8(10)12-3)5-7(2)9(11)13-4/h1-2,5H2,3-4H3. The van der Waals surface area contributed by atoms with Gasteiger partial charge in [0.15, 0.2) is 0 Å². The highest BCUT2D eigenvalue weighted by atomic mass is 16.5. The Morgan fingerprint density at radius 3 is 1.54 bits per heavy atom. The van der Waals surface area contributed by atoms with Gasteiger partial charge in [-0.25, -0.2) is 9.59 Å². The molecule has 0 spiro atoms. The van der Waals surface area contributed by atoms with Gasteiger partial charge in [0, 0.05) is 17.6 Å². The normalized spacial score (nSPS) is 8.77. The van der Waals surface area contributed by atoms with E-state index in [1.165, 1.54) is 14.2 Å². The number of hydrogen-bond acceptors (Lipinski definition) is 4. The molecule has 0 saturated heterocycles. The molecule has 0 heterocycles. The Kier molecular flexibility index (Phi) is 4.51. The maximum Gasteiger partial charge on any atom is 0.333 e. The van der Waals surface area contributed by atoms with Crippen LogP contribution in [0.4, 0.5) is 0 Å². The summed E-state index contributed by atoms with van der Waals surface area (Å²) < 4.78 is 8.79. The fourth-order valence-corrected chi connectivity index (χ4v) is 0.691. The van der Waals surface area contributed by atoms with Crippen LogP contribution in [-0.2, 0) is 19.1 Å². The van der Waals surface area contributed by atoms with Crippen LogP contribution in [-0.4, -0.2) is 26.2 Å². The zero-order valence-corrected chi connectivity index (χ0v) is 7.75. The molecule has 0 unspecified atom stereocenters. The summed E-state index contributed by atoms with van der Waals surface area (Å²) in [5.41, 5.74) is 0.357. The second-order valence-electron chi connectivity index (χ2n) is 2.37. The van der Waals surface area contributed by atoms with Crippen molar-refractivity contribution in [2.45, 2.75) is 6.42 Å². The minimum Gasteiger partial charge on any atom is -0.466 e. The highest BCUT2D eigenvalue weighted by Crippen LogP contribution is 2.09. The third kappa shape index (κ3) is 3.55. The number of hydrogen-bond donors (Lipinski definition) is 0. The number of ether oxygens (including phenoxy) is 2. The summed E-state index contributed by atoms with van der Waals surface area (Å²) in [5.74, 6) is -1.10. The molecule has 0 aliphatic carbocycles. The van der Waals surface area contributed by atoms with Gasteiger partial charge in [0.05, 0.1) is 14.2 Å². The van der Waals surface area contributed by atoms with E-state index in [9.17, 15) is 9.59 Å². The van der Waals surface area contributed by atoms with Crippen LogP contribution in [0.1, 0.15) is 6.42 Å². The van der Waals surface area contributed by atoms with Crippen LogP contribution in [0.25, 0.3) is 0 Å². The minimum atomic E-state index is -0.551. The molecule has 0 N–H and O–H groups in total. The summed E-state index contributed by atoms with van der Waals surface area (Å²) in [7, 11) is 2.49. The number of carbonyl (C=O) groups is 2. The Morgan fingerprint density at radius 2 is 1.31 bits per heavy atom. The predicted octanol–water partition coefficient (Wildman–Crippen LogP) is 0.835. The summed E-state index contributed by atoms with van der Waals surface area (Å²) in [6, 6.07) is 0. The highest BCUT2D eigenvalue weighted by molar-refractivity contribution is 5.93. The average molecular weight is 184 g/mol. The quantitative estimate of drug-likeness (QED) is 0.479. The van der Waals surface area contributed by atoms with Gasteiger partial charge < -0.3 is 9.47 Å². The maximum absolute atomic E-state index is 10.8. The fraction of sp³-hybridized carbons (Fsp3) is 0.333. The molecular weight excluding hydrogens is 172 g/mol. The minimum absolute atomic E-state index is 0.0688. The van der Waals surface area contributed by atoms with Crippen molar-refractivity contribution in [3.05, 3.63) is 24.3 Å². The van der Waals surface area contributed by atoms with Gasteiger partial charge in [-0.05, 0) is 0 Å². The monoisotopic (exact) mass is 184 g/mol. The fourth-order valence-electron chi connectivity index (χ4n) is 0.691. The van der Waals surface area contributed by atoms with Gasteiger partial charge >= 0.3 is 11.9 Å². The Balaban J connectivity index is 4.15. The Labute approximate surface area is 76.8 Å². The van der Waals surface area contributed by atoms with Gasteiger partial charge in [0.2, 0.25) is 0 Å². The van der Waals surface area contributed by atoms with Gasteiger partial charge in [-0.15, -0.1) is 0 Å². The zero-order valence-electron chi connectivity index (χ0n) is 7.75. The Bertz CT molecular complexity index is 226. The Morgan fingerprint density at radius 1 is 1.00 bits per heavy atom. The average Bonchev–Trinajstić information content (AvgIpc) is 2.14. The van der Waals surface area contributed by atoms with Crippen molar-refractivity contribution in [2.24, 2.45) is 0 Å². The van der Waals surface area contributed by atoms with E-state index in [-0.39, 0.29) is 17.6 Å². The van der Waals surface area contributed by atoms with Crippen molar-refractivity contribution in [2.75, 3.05) is 14.2 Å². The van der Waals surface area contributed by atoms with Crippen molar-refractivity contribution < 1.29 is 19.1 Å². The van der Waals surface area contributed by atoms with Crippen molar-refractivity contribution >= 4 is 11.9 Å². The summed E-state index contributed by atoms with van der Waals surface area (Å²) in [6.45, 7) is 6.88. The molecule has 4 heteroatoms. The molecule has 0 radical (unpaired) electrons. The second kappa shape index (κ2) is 5.13. The number of carbonyl (C=O) groups excluding carboxylic acids is 2. The summed E-state index contributed by atoms with van der Waals surface area (Å²) >= 11 is 0. The lowest BCUT2D eigenvalue weighted by Crippen LogP contribution is -2.09. The van der Waals surface area contributed by atoms with Gasteiger partial charge in [-0.3, -0.25) is 0 Å². The molecule has 0 fully saturated rings. The lowest BCUT2D eigenvalue weighted by atomic mass is 10.1. The molecule has 72 valence electrons. The van der Waals surface area contributed by atoms with E-state index < -0.39 is 11.9 Å². The van der Waals surface area contributed by atoms with Crippen LogP contribution < -0.4 is 0 Å². The van der Waals surface area contributed by atoms with Gasteiger partial charge in [0.25, 0.3) is 0 Å². The molecule has 0 bridgehead atoms. The molecule has 0 aromatic heterocycles. The van der Waals surface area contributed by atoms with Crippen LogP contribution in [0, 0.1) is 0 Å². The molecule has 0 atom stereocenters. The van der Waals surface area contributed by atoms with Crippen molar-refractivity contribution in [1.29, 1.82) is 0 Å². The smallest absolute Gasteiger partial charge is 0.333 e. The van der Waals surface area contributed by atoms with E-state index in [0.717, 1.165) is 0 Å². The first-order valence-corrected chi connectivity index (χ1v) is 3.55. The van der Waals surface area contributed by atoms with Crippen LogP contribution in [0.15, 0.2) is 24.3 Å². The molecule has 0 aromatic rings. The van der Waals surface area contributed by atoms with Crippen molar-refractivity contribution in [1.82, 2.24) is 0 Å².